The first kappa shape index (κ1) is 19.2. The molecule has 1 unspecified atom stereocenters. The number of amides is 1. The molecule has 1 rings (SSSR count). The van der Waals surface area contributed by atoms with E-state index in [0.717, 1.165) is 6.54 Å². The van der Waals surface area contributed by atoms with Gasteiger partial charge in [0, 0.05) is 19.1 Å². The number of benzene rings is 1. The number of carbonyl (C=O) groups is 1. The summed E-state index contributed by atoms with van der Waals surface area (Å²) in [7, 11) is 0. The molecule has 0 heterocycles. The van der Waals surface area contributed by atoms with E-state index in [4.69, 9.17) is 4.74 Å². The van der Waals surface area contributed by atoms with E-state index in [2.05, 4.69) is 49.6 Å². The Morgan fingerprint density at radius 3 is 2.52 bits per heavy atom. The van der Waals surface area contributed by atoms with Crippen LogP contribution in [0.2, 0.25) is 0 Å². The van der Waals surface area contributed by atoms with Gasteiger partial charge in [-0.25, -0.2) is 4.79 Å². The lowest BCUT2D eigenvalue weighted by Gasteiger charge is -2.19. The number of carbonyl (C=O) groups excluding carboxylic acids is 1. The Labute approximate surface area is 140 Å². The summed E-state index contributed by atoms with van der Waals surface area (Å²) < 4.78 is 5.17. The van der Waals surface area contributed by atoms with Crippen LogP contribution in [0.5, 0.6) is 0 Å². The van der Waals surface area contributed by atoms with Gasteiger partial charge < -0.3 is 15.4 Å². The maximum atomic E-state index is 11.5. The van der Waals surface area contributed by atoms with Crippen LogP contribution in [0.3, 0.4) is 0 Å². The van der Waals surface area contributed by atoms with E-state index in [0.29, 0.717) is 12.6 Å². The van der Waals surface area contributed by atoms with Crippen LogP contribution in [0, 0.1) is 13.8 Å². The first-order valence-corrected chi connectivity index (χ1v) is 8.11. The molecule has 1 aromatic rings. The molecule has 4 nitrogen and oxygen atoms in total. The lowest BCUT2D eigenvalue weighted by molar-refractivity contribution is 0.0534. The Balaban J connectivity index is 2.31. The number of rotatable bonds is 6. The molecule has 2 N–H and O–H groups in total. The number of nitrogens with one attached hydrogen (secondary N) is 2. The summed E-state index contributed by atoms with van der Waals surface area (Å²) >= 11 is 0. The molecular weight excluding hydrogens is 288 g/mol. The van der Waals surface area contributed by atoms with E-state index in [1.165, 1.54) is 16.7 Å². The summed E-state index contributed by atoms with van der Waals surface area (Å²) in [5.74, 6) is 0. The largest absolute Gasteiger partial charge is 0.444 e. The molecule has 0 aromatic heterocycles. The van der Waals surface area contributed by atoms with Crippen molar-refractivity contribution >= 4 is 6.09 Å². The Kier molecular flexibility index (Phi) is 7.30. The normalized spacial score (nSPS) is 13.1. The molecule has 0 aliphatic rings. The van der Waals surface area contributed by atoms with Crippen LogP contribution in [0.4, 0.5) is 4.79 Å². The average Bonchev–Trinajstić information content (AvgIpc) is 2.43. The maximum absolute atomic E-state index is 11.5. The lowest BCUT2D eigenvalue weighted by Crippen LogP contribution is -2.32. The number of hydrogen-bond donors (Lipinski definition) is 2. The Morgan fingerprint density at radius 2 is 1.87 bits per heavy atom. The minimum atomic E-state index is -0.462. The highest BCUT2D eigenvalue weighted by Crippen LogP contribution is 2.18. The zero-order valence-electron chi connectivity index (χ0n) is 15.2. The number of hydrogen-bond acceptors (Lipinski definition) is 3. The molecule has 0 aliphatic carbocycles. The standard InChI is InChI=1S/C19H30N2O2/c1-14-9-10-15(2)17(13-14)16(3)20-11-7-8-12-21-18(22)23-19(4,5)6/h7-10,13,16,20H,11-12H2,1-6H3,(H,21,22)/b8-7+. The highest BCUT2D eigenvalue weighted by molar-refractivity contribution is 5.67. The quantitative estimate of drug-likeness (QED) is 0.778. The second kappa shape index (κ2) is 8.73. The Morgan fingerprint density at radius 1 is 1.22 bits per heavy atom. The van der Waals surface area contributed by atoms with Gasteiger partial charge in [0.25, 0.3) is 0 Å². The molecule has 128 valence electrons. The van der Waals surface area contributed by atoms with Gasteiger partial charge >= 0.3 is 6.09 Å². The zero-order chi connectivity index (χ0) is 17.5. The highest BCUT2D eigenvalue weighted by Gasteiger charge is 2.14. The molecule has 0 aliphatic heterocycles. The van der Waals surface area contributed by atoms with Crippen molar-refractivity contribution in [1.29, 1.82) is 0 Å². The molecule has 1 amide bonds. The molecule has 0 bridgehead atoms. The van der Waals surface area contributed by atoms with Gasteiger partial charge in [0.1, 0.15) is 5.60 Å². The van der Waals surface area contributed by atoms with Crippen molar-refractivity contribution < 1.29 is 9.53 Å². The van der Waals surface area contributed by atoms with Crippen molar-refractivity contribution in [3.8, 4) is 0 Å². The van der Waals surface area contributed by atoms with Crippen molar-refractivity contribution in [3.05, 3.63) is 47.0 Å². The minimum absolute atomic E-state index is 0.290. The summed E-state index contributed by atoms with van der Waals surface area (Å²) in [4.78, 5) is 11.5. The molecule has 0 saturated carbocycles. The van der Waals surface area contributed by atoms with E-state index < -0.39 is 5.60 Å². The molecule has 1 atom stereocenters. The van der Waals surface area contributed by atoms with Gasteiger partial charge in [0.05, 0.1) is 0 Å². The molecule has 1 aromatic carbocycles. The SMILES string of the molecule is Cc1ccc(C)c(C(C)NC/C=C/CNC(=O)OC(C)(C)C)c1. The molecule has 0 fully saturated rings. The first-order chi connectivity index (χ1) is 10.7. The fraction of sp³-hybridized carbons (Fsp3) is 0.526. The van der Waals surface area contributed by atoms with Gasteiger partial charge in [-0.05, 0) is 52.7 Å². The van der Waals surface area contributed by atoms with E-state index in [1.807, 2.05) is 32.9 Å². The topological polar surface area (TPSA) is 50.4 Å². The van der Waals surface area contributed by atoms with E-state index in [-0.39, 0.29) is 6.09 Å². The van der Waals surface area contributed by atoms with Crippen molar-refractivity contribution in [1.82, 2.24) is 10.6 Å². The smallest absolute Gasteiger partial charge is 0.407 e. The van der Waals surface area contributed by atoms with Gasteiger partial charge in [-0.3, -0.25) is 0 Å². The fourth-order valence-electron chi connectivity index (χ4n) is 2.20. The summed E-state index contributed by atoms with van der Waals surface area (Å²) in [5.41, 5.74) is 3.43. The first-order valence-electron chi connectivity index (χ1n) is 8.11. The zero-order valence-corrected chi connectivity index (χ0v) is 15.2. The van der Waals surface area contributed by atoms with Gasteiger partial charge in [0.2, 0.25) is 0 Å². The molecule has 0 spiro atoms. The molecular formula is C19H30N2O2. The van der Waals surface area contributed by atoms with Crippen LogP contribution in [0.15, 0.2) is 30.4 Å². The van der Waals surface area contributed by atoms with Crippen LogP contribution >= 0.6 is 0 Å². The van der Waals surface area contributed by atoms with Crippen LogP contribution in [-0.2, 0) is 4.74 Å². The number of alkyl carbamates (subject to hydrolysis) is 1. The van der Waals surface area contributed by atoms with E-state index in [1.54, 1.807) is 0 Å². The predicted octanol–water partition coefficient (Wildman–Crippen LogP) is 4.03. The van der Waals surface area contributed by atoms with Crippen LogP contribution < -0.4 is 10.6 Å². The molecule has 23 heavy (non-hydrogen) atoms. The molecule has 0 saturated heterocycles. The van der Waals surface area contributed by atoms with E-state index in [9.17, 15) is 4.79 Å². The number of aryl methyl sites for hydroxylation is 2. The highest BCUT2D eigenvalue weighted by atomic mass is 16.6. The Bertz CT molecular complexity index is 545. The van der Waals surface area contributed by atoms with Gasteiger partial charge in [-0.1, -0.05) is 35.9 Å². The molecule has 0 radical (unpaired) electrons. The van der Waals surface area contributed by atoms with E-state index >= 15 is 0 Å². The fourth-order valence-corrected chi connectivity index (χ4v) is 2.20. The molecule has 4 heteroatoms. The van der Waals surface area contributed by atoms with Gasteiger partial charge in [-0.2, -0.15) is 0 Å². The third-order valence-electron chi connectivity index (χ3n) is 3.37. The second-order valence-electron chi connectivity index (χ2n) is 6.84. The third kappa shape index (κ3) is 7.84. The van der Waals surface area contributed by atoms with Gasteiger partial charge in [0.15, 0.2) is 0 Å². The van der Waals surface area contributed by atoms with Crippen molar-refractivity contribution in [2.24, 2.45) is 0 Å². The number of ether oxygens (including phenoxy) is 1. The summed E-state index contributed by atoms with van der Waals surface area (Å²) in [6.07, 6.45) is 3.55. The van der Waals surface area contributed by atoms with Crippen molar-refractivity contribution in [2.45, 2.75) is 53.2 Å². The van der Waals surface area contributed by atoms with Crippen molar-refractivity contribution in [2.75, 3.05) is 13.1 Å². The average molecular weight is 318 g/mol. The summed E-state index contributed by atoms with van der Waals surface area (Å²) in [6, 6.07) is 6.80. The summed E-state index contributed by atoms with van der Waals surface area (Å²) in [6.45, 7) is 13.2. The van der Waals surface area contributed by atoms with Gasteiger partial charge in [-0.15, -0.1) is 0 Å². The van der Waals surface area contributed by atoms with Crippen LogP contribution in [-0.4, -0.2) is 24.8 Å². The third-order valence-corrected chi connectivity index (χ3v) is 3.37. The van der Waals surface area contributed by atoms with Crippen LogP contribution in [0.25, 0.3) is 0 Å². The predicted molar refractivity (Wildman–Crippen MR) is 95.7 cm³/mol. The minimum Gasteiger partial charge on any atom is -0.444 e. The lowest BCUT2D eigenvalue weighted by atomic mass is 10.00. The monoisotopic (exact) mass is 318 g/mol. The van der Waals surface area contributed by atoms with Crippen molar-refractivity contribution in [3.63, 3.8) is 0 Å². The van der Waals surface area contributed by atoms with Crippen LogP contribution in [0.1, 0.15) is 50.4 Å². The Hall–Kier alpha value is -1.81. The summed E-state index contributed by atoms with van der Waals surface area (Å²) in [5, 5.41) is 6.16. The maximum Gasteiger partial charge on any atom is 0.407 e. The second-order valence-corrected chi connectivity index (χ2v) is 6.84.